The van der Waals surface area contributed by atoms with Gasteiger partial charge in [-0.25, -0.2) is 0 Å². The first kappa shape index (κ1) is 8.72. The molecule has 0 atom stereocenters. The Hall–Kier alpha value is -0.370. The summed E-state index contributed by atoms with van der Waals surface area (Å²) < 4.78 is 0. The van der Waals surface area contributed by atoms with Gasteiger partial charge in [0.25, 0.3) is 0 Å². The summed E-state index contributed by atoms with van der Waals surface area (Å²) in [5, 5.41) is 3.25. The van der Waals surface area contributed by atoms with Crippen molar-refractivity contribution in [1.82, 2.24) is 5.32 Å². The van der Waals surface area contributed by atoms with E-state index in [4.69, 9.17) is 0 Å². The minimum absolute atomic E-state index is 0.361. The van der Waals surface area contributed by atoms with Gasteiger partial charge in [0.15, 0.2) is 0 Å². The fourth-order valence-corrected chi connectivity index (χ4v) is 1.79. The van der Waals surface area contributed by atoms with Crippen molar-refractivity contribution in [2.45, 2.75) is 38.6 Å². The molecule has 0 aliphatic heterocycles. The van der Waals surface area contributed by atoms with Gasteiger partial charge >= 0.3 is 0 Å². The largest absolute Gasteiger partial charge is 0.317 e. The molecule has 1 aliphatic rings. The van der Waals surface area contributed by atoms with E-state index in [1.165, 1.54) is 12.8 Å². The number of ketones is 1. The second kappa shape index (κ2) is 3.86. The quantitative estimate of drug-likeness (QED) is 0.652. The normalized spacial score (nSPS) is 31.8. The molecule has 1 fully saturated rings. The lowest BCUT2D eigenvalue weighted by Crippen LogP contribution is -2.31. The zero-order valence-corrected chi connectivity index (χ0v) is 7.39. The molecule has 0 spiro atoms. The SMILES string of the molecule is CN[C@H]1CC[C@H](C(C)=O)CC1. The third kappa shape index (κ3) is 2.29. The topological polar surface area (TPSA) is 29.1 Å². The number of nitrogens with one attached hydrogen (secondary N) is 1. The maximum atomic E-state index is 11.0. The standard InChI is InChI=1S/C9H17NO/c1-7(11)8-3-5-9(10-2)6-4-8/h8-10H,3-6H2,1-2H3/t8-,9-. The maximum absolute atomic E-state index is 11.0. The van der Waals surface area contributed by atoms with Crippen LogP contribution >= 0.6 is 0 Å². The van der Waals surface area contributed by atoms with Crippen molar-refractivity contribution in [3.63, 3.8) is 0 Å². The molecule has 0 heterocycles. The predicted octanol–water partition coefficient (Wildman–Crippen LogP) is 1.35. The van der Waals surface area contributed by atoms with Gasteiger partial charge in [0.1, 0.15) is 5.78 Å². The van der Waals surface area contributed by atoms with Crippen LogP contribution in [0, 0.1) is 5.92 Å². The van der Waals surface area contributed by atoms with Crippen LogP contribution in [0.3, 0.4) is 0 Å². The molecule has 0 aromatic rings. The van der Waals surface area contributed by atoms with E-state index in [0.717, 1.165) is 12.8 Å². The number of Topliss-reactive ketones (excluding diaryl/α,β-unsaturated/α-hetero) is 1. The Bertz CT molecular complexity index is 136. The maximum Gasteiger partial charge on any atom is 0.132 e. The molecule has 0 aromatic heterocycles. The first-order valence-electron chi connectivity index (χ1n) is 4.41. The Morgan fingerprint density at radius 3 is 2.18 bits per heavy atom. The minimum atomic E-state index is 0.361. The summed E-state index contributed by atoms with van der Waals surface area (Å²) >= 11 is 0. The van der Waals surface area contributed by atoms with Gasteiger partial charge in [-0.3, -0.25) is 4.79 Å². The molecule has 1 saturated carbocycles. The lowest BCUT2D eigenvalue weighted by atomic mass is 9.84. The molecule has 0 amide bonds. The van der Waals surface area contributed by atoms with Crippen LogP contribution in [0.2, 0.25) is 0 Å². The molecule has 2 heteroatoms. The fraction of sp³-hybridized carbons (Fsp3) is 0.889. The molecule has 11 heavy (non-hydrogen) atoms. The van der Waals surface area contributed by atoms with Gasteiger partial charge in [0.2, 0.25) is 0 Å². The van der Waals surface area contributed by atoms with Crippen LogP contribution in [0.1, 0.15) is 32.6 Å². The van der Waals surface area contributed by atoms with Gasteiger partial charge in [0, 0.05) is 12.0 Å². The molecule has 1 aliphatic carbocycles. The monoisotopic (exact) mass is 155 g/mol. The van der Waals surface area contributed by atoms with Crippen LogP contribution in [-0.2, 0) is 4.79 Å². The second-order valence-electron chi connectivity index (χ2n) is 3.45. The second-order valence-corrected chi connectivity index (χ2v) is 3.45. The van der Waals surface area contributed by atoms with Crippen molar-refractivity contribution in [3.05, 3.63) is 0 Å². The average Bonchev–Trinajstić information content (AvgIpc) is 2.05. The summed E-state index contributed by atoms with van der Waals surface area (Å²) in [4.78, 5) is 11.0. The van der Waals surface area contributed by atoms with Crippen LogP contribution in [0.5, 0.6) is 0 Å². The highest BCUT2D eigenvalue weighted by molar-refractivity contribution is 5.78. The van der Waals surface area contributed by atoms with Crippen molar-refractivity contribution in [2.75, 3.05) is 7.05 Å². The van der Waals surface area contributed by atoms with E-state index in [9.17, 15) is 4.79 Å². The number of carbonyl (C=O) groups excluding carboxylic acids is 1. The van der Waals surface area contributed by atoms with Gasteiger partial charge in [-0.15, -0.1) is 0 Å². The summed E-state index contributed by atoms with van der Waals surface area (Å²) in [5.74, 6) is 0.735. The molecule has 0 radical (unpaired) electrons. The Labute approximate surface area is 68.4 Å². The van der Waals surface area contributed by atoms with Crippen molar-refractivity contribution in [3.8, 4) is 0 Å². The van der Waals surface area contributed by atoms with E-state index in [1.54, 1.807) is 6.92 Å². The lowest BCUT2D eigenvalue weighted by Gasteiger charge is -2.26. The predicted molar refractivity (Wildman–Crippen MR) is 45.5 cm³/mol. The summed E-state index contributed by atoms with van der Waals surface area (Å²) in [6.07, 6.45) is 4.50. The molecule has 1 rings (SSSR count). The summed E-state index contributed by atoms with van der Waals surface area (Å²) in [6, 6.07) is 0.658. The van der Waals surface area contributed by atoms with Gasteiger partial charge in [0.05, 0.1) is 0 Å². The van der Waals surface area contributed by atoms with E-state index in [2.05, 4.69) is 5.32 Å². The van der Waals surface area contributed by atoms with Gasteiger partial charge in [-0.1, -0.05) is 0 Å². The summed E-state index contributed by atoms with van der Waals surface area (Å²) in [6.45, 7) is 1.71. The molecule has 2 nitrogen and oxygen atoms in total. The Balaban J connectivity index is 2.30. The van der Waals surface area contributed by atoms with E-state index < -0.39 is 0 Å². The first-order chi connectivity index (χ1) is 5.24. The number of hydrogen-bond donors (Lipinski definition) is 1. The van der Waals surface area contributed by atoms with E-state index in [-0.39, 0.29) is 0 Å². The van der Waals surface area contributed by atoms with Crippen LogP contribution in [-0.4, -0.2) is 18.9 Å². The van der Waals surface area contributed by atoms with Crippen molar-refractivity contribution < 1.29 is 4.79 Å². The van der Waals surface area contributed by atoms with Crippen molar-refractivity contribution in [2.24, 2.45) is 5.92 Å². The summed E-state index contributed by atoms with van der Waals surface area (Å²) in [5.41, 5.74) is 0. The van der Waals surface area contributed by atoms with E-state index in [1.807, 2.05) is 7.05 Å². The number of carbonyl (C=O) groups is 1. The molecule has 64 valence electrons. The van der Waals surface area contributed by atoms with E-state index >= 15 is 0 Å². The zero-order chi connectivity index (χ0) is 8.27. The van der Waals surface area contributed by atoms with Crippen LogP contribution < -0.4 is 5.32 Å². The van der Waals surface area contributed by atoms with Crippen LogP contribution in [0.4, 0.5) is 0 Å². The average molecular weight is 155 g/mol. The van der Waals surface area contributed by atoms with E-state index in [0.29, 0.717) is 17.7 Å². The highest BCUT2D eigenvalue weighted by Gasteiger charge is 2.22. The van der Waals surface area contributed by atoms with Gasteiger partial charge < -0.3 is 5.32 Å². The lowest BCUT2D eigenvalue weighted by molar-refractivity contribution is -0.121. The highest BCUT2D eigenvalue weighted by atomic mass is 16.1. The van der Waals surface area contributed by atoms with Crippen LogP contribution in [0.25, 0.3) is 0 Å². The Morgan fingerprint density at radius 2 is 1.82 bits per heavy atom. The molecule has 0 aromatic carbocycles. The molecule has 0 saturated heterocycles. The third-order valence-corrected chi connectivity index (χ3v) is 2.71. The molecular formula is C9H17NO. The zero-order valence-electron chi connectivity index (χ0n) is 7.39. The minimum Gasteiger partial charge on any atom is -0.317 e. The van der Waals surface area contributed by atoms with Gasteiger partial charge in [-0.2, -0.15) is 0 Å². The molecule has 0 unspecified atom stereocenters. The Kier molecular flexibility index (Phi) is 3.06. The first-order valence-corrected chi connectivity index (χ1v) is 4.41. The molecule has 0 bridgehead atoms. The third-order valence-electron chi connectivity index (χ3n) is 2.71. The Morgan fingerprint density at radius 1 is 1.27 bits per heavy atom. The highest BCUT2D eigenvalue weighted by Crippen LogP contribution is 2.24. The molecule has 1 N–H and O–H groups in total. The van der Waals surface area contributed by atoms with Crippen molar-refractivity contribution in [1.29, 1.82) is 0 Å². The number of rotatable bonds is 2. The number of hydrogen-bond acceptors (Lipinski definition) is 2. The van der Waals surface area contributed by atoms with Crippen LogP contribution in [0.15, 0.2) is 0 Å². The van der Waals surface area contributed by atoms with Crippen molar-refractivity contribution >= 4 is 5.78 Å². The molecular weight excluding hydrogens is 138 g/mol. The fourth-order valence-electron chi connectivity index (χ4n) is 1.79. The smallest absolute Gasteiger partial charge is 0.132 e. The van der Waals surface area contributed by atoms with Gasteiger partial charge in [-0.05, 0) is 39.7 Å². The summed E-state index contributed by atoms with van der Waals surface area (Å²) in [7, 11) is 2.00.